The second-order valence-electron chi connectivity index (χ2n) is 5.63. The highest BCUT2D eigenvalue weighted by Gasteiger charge is 2.33. The van der Waals surface area contributed by atoms with Gasteiger partial charge in [-0.15, -0.1) is 0 Å². The fraction of sp³-hybridized carbons (Fsp3) is 0.211. The second-order valence-corrected chi connectivity index (χ2v) is 5.63. The molecule has 0 saturated carbocycles. The summed E-state index contributed by atoms with van der Waals surface area (Å²) in [4.78, 5) is 17.8. The van der Waals surface area contributed by atoms with Crippen molar-refractivity contribution < 1.29 is 19.5 Å². The number of phenols is 1. The largest absolute Gasteiger partial charge is 0.508 e. The lowest BCUT2D eigenvalue weighted by Gasteiger charge is -2.18. The van der Waals surface area contributed by atoms with Gasteiger partial charge in [0.05, 0.1) is 18.7 Å². The van der Waals surface area contributed by atoms with E-state index in [9.17, 15) is 9.90 Å². The van der Waals surface area contributed by atoms with Gasteiger partial charge in [0.25, 0.3) is 0 Å². The van der Waals surface area contributed by atoms with E-state index in [1.165, 1.54) is 7.11 Å². The molecule has 124 valence electrons. The average molecular weight is 325 g/mol. The van der Waals surface area contributed by atoms with Crippen LogP contribution in [0, 0.1) is 5.92 Å². The van der Waals surface area contributed by atoms with E-state index < -0.39 is 12.0 Å². The summed E-state index contributed by atoms with van der Waals surface area (Å²) in [6.45, 7) is 0. The standard InChI is InChI=1S/C19H19NO4/c1-23-19(22)16(11-13-5-3-2-4-6-13)18-12-17(20-24-18)14-7-9-15(21)10-8-14/h2-10,12,16,18,20-21H,11H2,1H3. The van der Waals surface area contributed by atoms with Crippen LogP contribution in [0.15, 0.2) is 60.7 Å². The Morgan fingerprint density at radius 2 is 1.92 bits per heavy atom. The second kappa shape index (κ2) is 7.19. The van der Waals surface area contributed by atoms with Crippen molar-refractivity contribution in [3.63, 3.8) is 0 Å². The molecule has 3 rings (SSSR count). The number of hydroxylamine groups is 1. The SMILES string of the molecule is COC(=O)C(Cc1ccccc1)C1C=C(c2ccc(O)cc2)NO1. The van der Waals surface area contributed by atoms with Crippen LogP contribution < -0.4 is 5.48 Å². The minimum Gasteiger partial charge on any atom is -0.508 e. The summed E-state index contributed by atoms with van der Waals surface area (Å²) >= 11 is 0. The van der Waals surface area contributed by atoms with E-state index in [4.69, 9.17) is 9.57 Å². The molecular weight excluding hydrogens is 306 g/mol. The number of phenolic OH excluding ortho intramolecular Hbond substituents is 1. The first-order valence-corrected chi connectivity index (χ1v) is 7.72. The quantitative estimate of drug-likeness (QED) is 0.827. The minimum atomic E-state index is -0.445. The Morgan fingerprint density at radius 3 is 2.58 bits per heavy atom. The molecule has 2 aromatic carbocycles. The number of carbonyl (C=O) groups excluding carboxylic acids is 1. The predicted molar refractivity (Wildman–Crippen MR) is 89.7 cm³/mol. The van der Waals surface area contributed by atoms with Crippen molar-refractivity contribution in [1.82, 2.24) is 5.48 Å². The molecule has 5 nitrogen and oxygen atoms in total. The van der Waals surface area contributed by atoms with E-state index in [0.29, 0.717) is 6.42 Å². The van der Waals surface area contributed by atoms with Crippen LogP contribution >= 0.6 is 0 Å². The summed E-state index contributed by atoms with van der Waals surface area (Å²) in [6.07, 6.45) is 1.97. The molecule has 0 fully saturated rings. The number of esters is 1. The van der Waals surface area contributed by atoms with Crippen LogP contribution in [0.2, 0.25) is 0 Å². The van der Waals surface area contributed by atoms with Crippen molar-refractivity contribution >= 4 is 11.7 Å². The molecule has 0 spiro atoms. The highest BCUT2D eigenvalue weighted by atomic mass is 16.7. The maximum absolute atomic E-state index is 12.2. The number of methoxy groups -OCH3 is 1. The van der Waals surface area contributed by atoms with Gasteiger partial charge >= 0.3 is 5.97 Å². The Bertz CT molecular complexity index is 725. The van der Waals surface area contributed by atoms with Gasteiger partial charge < -0.3 is 9.84 Å². The third kappa shape index (κ3) is 3.58. The van der Waals surface area contributed by atoms with E-state index in [1.807, 2.05) is 36.4 Å². The first kappa shape index (κ1) is 16.1. The zero-order valence-corrected chi connectivity index (χ0v) is 13.3. The van der Waals surface area contributed by atoms with Crippen LogP contribution in [0.25, 0.3) is 5.70 Å². The minimum absolute atomic E-state index is 0.200. The summed E-state index contributed by atoms with van der Waals surface area (Å²) in [5, 5.41) is 9.38. The summed E-state index contributed by atoms with van der Waals surface area (Å²) in [5.41, 5.74) is 5.54. The monoisotopic (exact) mass is 325 g/mol. The number of rotatable bonds is 5. The first-order valence-electron chi connectivity index (χ1n) is 7.72. The molecule has 0 aromatic heterocycles. The summed E-state index contributed by atoms with van der Waals surface area (Å²) in [7, 11) is 1.38. The topological polar surface area (TPSA) is 67.8 Å². The fourth-order valence-electron chi connectivity index (χ4n) is 2.71. The van der Waals surface area contributed by atoms with Crippen molar-refractivity contribution in [2.75, 3.05) is 7.11 Å². The van der Waals surface area contributed by atoms with E-state index in [1.54, 1.807) is 24.3 Å². The first-order chi connectivity index (χ1) is 11.7. The molecule has 2 unspecified atom stereocenters. The van der Waals surface area contributed by atoms with Crippen molar-refractivity contribution in [2.45, 2.75) is 12.5 Å². The average Bonchev–Trinajstić information content (AvgIpc) is 3.10. The van der Waals surface area contributed by atoms with Gasteiger partial charge in [-0.3, -0.25) is 15.1 Å². The number of hydrogen-bond donors (Lipinski definition) is 2. The van der Waals surface area contributed by atoms with Gasteiger partial charge in [0, 0.05) is 0 Å². The smallest absolute Gasteiger partial charge is 0.312 e. The highest BCUT2D eigenvalue weighted by Crippen LogP contribution is 2.26. The van der Waals surface area contributed by atoms with E-state index >= 15 is 0 Å². The maximum Gasteiger partial charge on any atom is 0.312 e. The summed E-state index contributed by atoms with van der Waals surface area (Å²) in [5.74, 6) is -0.556. The Balaban J connectivity index is 1.80. The summed E-state index contributed by atoms with van der Waals surface area (Å²) in [6, 6.07) is 16.5. The Kier molecular flexibility index (Phi) is 4.82. The van der Waals surface area contributed by atoms with Gasteiger partial charge in [-0.25, -0.2) is 0 Å². The molecule has 2 aromatic rings. The van der Waals surface area contributed by atoms with Crippen LogP contribution in [-0.4, -0.2) is 24.3 Å². The van der Waals surface area contributed by atoms with Crippen molar-refractivity contribution in [3.8, 4) is 5.75 Å². The number of nitrogens with one attached hydrogen (secondary N) is 1. The molecule has 0 saturated heterocycles. The molecule has 5 heteroatoms. The molecule has 2 N–H and O–H groups in total. The van der Waals surface area contributed by atoms with E-state index in [-0.39, 0.29) is 11.7 Å². The number of hydrogen-bond acceptors (Lipinski definition) is 5. The van der Waals surface area contributed by atoms with Crippen molar-refractivity contribution in [3.05, 3.63) is 71.8 Å². The van der Waals surface area contributed by atoms with Gasteiger partial charge in [-0.05, 0) is 47.9 Å². The van der Waals surface area contributed by atoms with Crippen molar-refractivity contribution in [1.29, 1.82) is 0 Å². The van der Waals surface area contributed by atoms with Crippen LogP contribution in [0.4, 0.5) is 0 Å². The molecular formula is C19H19NO4. The van der Waals surface area contributed by atoms with Crippen LogP contribution in [0.5, 0.6) is 5.75 Å². The van der Waals surface area contributed by atoms with Gasteiger partial charge in [0.15, 0.2) is 0 Å². The molecule has 1 aliphatic rings. The van der Waals surface area contributed by atoms with E-state index in [0.717, 1.165) is 16.8 Å². The zero-order chi connectivity index (χ0) is 16.9. The molecule has 24 heavy (non-hydrogen) atoms. The number of carbonyl (C=O) groups is 1. The number of aromatic hydroxyl groups is 1. The van der Waals surface area contributed by atoms with Crippen LogP contribution in [0.3, 0.4) is 0 Å². The van der Waals surface area contributed by atoms with E-state index in [2.05, 4.69) is 5.48 Å². The fourth-order valence-corrected chi connectivity index (χ4v) is 2.71. The summed E-state index contributed by atoms with van der Waals surface area (Å²) < 4.78 is 4.94. The van der Waals surface area contributed by atoms with Gasteiger partial charge in [0.1, 0.15) is 11.9 Å². The third-order valence-corrected chi connectivity index (χ3v) is 4.01. The molecule has 0 aliphatic carbocycles. The Morgan fingerprint density at radius 1 is 1.21 bits per heavy atom. The van der Waals surface area contributed by atoms with Gasteiger partial charge in [-0.1, -0.05) is 30.3 Å². The van der Waals surface area contributed by atoms with Gasteiger partial charge in [-0.2, -0.15) is 0 Å². The van der Waals surface area contributed by atoms with Crippen LogP contribution in [0.1, 0.15) is 11.1 Å². The Hall–Kier alpha value is -2.79. The van der Waals surface area contributed by atoms with Gasteiger partial charge in [0.2, 0.25) is 0 Å². The Labute approximate surface area is 140 Å². The third-order valence-electron chi connectivity index (χ3n) is 4.01. The maximum atomic E-state index is 12.2. The lowest BCUT2D eigenvalue weighted by molar-refractivity contribution is -0.150. The zero-order valence-electron chi connectivity index (χ0n) is 13.3. The molecule has 0 amide bonds. The lowest BCUT2D eigenvalue weighted by atomic mass is 9.93. The normalized spacial score (nSPS) is 17.7. The van der Waals surface area contributed by atoms with Crippen molar-refractivity contribution in [2.24, 2.45) is 5.92 Å². The molecule has 1 aliphatic heterocycles. The lowest BCUT2D eigenvalue weighted by Crippen LogP contribution is -2.31. The number of ether oxygens (including phenoxy) is 1. The molecule has 2 atom stereocenters. The van der Waals surface area contributed by atoms with Crippen LogP contribution in [-0.2, 0) is 20.8 Å². The highest BCUT2D eigenvalue weighted by molar-refractivity contribution is 5.75. The molecule has 1 heterocycles. The molecule has 0 radical (unpaired) electrons. The number of benzene rings is 2. The predicted octanol–water partition coefficient (Wildman–Crippen LogP) is 2.67. The molecule has 0 bridgehead atoms.